The Morgan fingerprint density at radius 1 is 1.50 bits per heavy atom. The first kappa shape index (κ1) is 13.3. The third-order valence-corrected chi connectivity index (χ3v) is 3.19. The Morgan fingerprint density at radius 2 is 2.22 bits per heavy atom. The highest BCUT2D eigenvalue weighted by Gasteiger charge is 2.20. The van der Waals surface area contributed by atoms with E-state index in [1.807, 2.05) is 13.0 Å². The molecule has 5 heteroatoms. The topological polar surface area (TPSA) is 35.7 Å². The molecule has 0 spiro atoms. The van der Waals surface area contributed by atoms with Crippen molar-refractivity contribution in [2.75, 3.05) is 13.2 Å². The van der Waals surface area contributed by atoms with Crippen LogP contribution >= 0.6 is 11.6 Å². The van der Waals surface area contributed by atoms with Crippen LogP contribution in [0.25, 0.3) is 4.85 Å². The van der Waals surface area contributed by atoms with E-state index in [2.05, 4.69) is 9.83 Å². The fourth-order valence-corrected chi connectivity index (χ4v) is 2.16. The maximum atomic E-state index is 7.12. The molecule has 1 aromatic rings. The van der Waals surface area contributed by atoms with E-state index in [4.69, 9.17) is 27.6 Å². The molecule has 0 aromatic carbocycles. The van der Waals surface area contributed by atoms with Gasteiger partial charge in [-0.3, -0.25) is 0 Å². The van der Waals surface area contributed by atoms with Crippen LogP contribution in [0.5, 0.6) is 0 Å². The minimum absolute atomic E-state index is 0.151. The van der Waals surface area contributed by atoms with Crippen molar-refractivity contribution in [1.29, 1.82) is 0 Å². The summed E-state index contributed by atoms with van der Waals surface area (Å²) >= 11 is 5.78. The van der Waals surface area contributed by atoms with Crippen LogP contribution in [-0.4, -0.2) is 24.3 Å². The number of pyridine rings is 1. The van der Waals surface area contributed by atoms with Crippen molar-refractivity contribution in [1.82, 2.24) is 4.98 Å². The number of hydrogen-bond donors (Lipinski definition) is 0. The predicted octanol–water partition coefficient (Wildman–Crippen LogP) is 3.54. The third-order valence-electron chi connectivity index (χ3n) is 2.98. The van der Waals surface area contributed by atoms with Crippen molar-refractivity contribution < 1.29 is 9.47 Å². The maximum absolute atomic E-state index is 7.12. The lowest BCUT2D eigenvalue weighted by Gasteiger charge is -2.26. The zero-order valence-corrected chi connectivity index (χ0v) is 11.0. The molecule has 96 valence electrons. The van der Waals surface area contributed by atoms with Crippen LogP contribution in [0.3, 0.4) is 0 Å². The van der Waals surface area contributed by atoms with E-state index in [0.717, 1.165) is 31.6 Å². The van der Waals surface area contributed by atoms with Gasteiger partial charge in [-0.2, -0.15) is 0 Å². The van der Waals surface area contributed by atoms with E-state index in [1.54, 1.807) is 6.07 Å². The van der Waals surface area contributed by atoms with E-state index >= 15 is 0 Å². The molecule has 1 unspecified atom stereocenters. The van der Waals surface area contributed by atoms with Crippen molar-refractivity contribution in [2.24, 2.45) is 0 Å². The first-order chi connectivity index (χ1) is 8.70. The number of halogens is 1. The molecule has 0 amide bonds. The lowest BCUT2D eigenvalue weighted by atomic mass is 10.1. The molecule has 0 bridgehead atoms. The van der Waals surface area contributed by atoms with Crippen molar-refractivity contribution in [2.45, 2.75) is 32.0 Å². The minimum atomic E-state index is -0.151. The number of ether oxygens (including phenoxy) is 2. The first-order valence-corrected chi connectivity index (χ1v) is 6.35. The first-order valence-electron chi connectivity index (χ1n) is 5.98. The summed E-state index contributed by atoms with van der Waals surface area (Å²) in [5.74, 6) is 0.321. The van der Waals surface area contributed by atoms with Crippen LogP contribution in [0.1, 0.15) is 31.4 Å². The molecule has 1 aliphatic heterocycles. The van der Waals surface area contributed by atoms with Crippen LogP contribution in [0.2, 0.25) is 5.15 Å². The number of hydrogen-bond acceptors (Lipinski definition) is 3. The highest BCUT2D eigenvalue weighted by molar-refractivity contribution is 6.29. The number of nitrogens with zero attached hydrogens (tertiary/aromatic N) is 2. The Morgan fingerprint density at radius 3 is 2.89 bits per heavy atom. The van der Waals surface area contributed by atoms with Gasteiger partial charge < -0.3 is 14.3 Å². The van der Waals surface area contributed by atoms with Crippen molar-refractivity contribution in [3.63, 3.8) is 0 Å². The van der Waals surface area contributed by atoms with Crippen LogP contribution in [0.15, 0.2) is 12.1 Å². The summed E-state index contributed by atoms with van der Waals surface area (Å²) in [5, 5.41) is 0.336. The predicted molar refractivity (Wildman–Crippen MR) is 68.9 cm³/mol. The fraction of sp³-hybridized carbons (Fsp3) is 0.538. The van der Waals surface area contributed by atoms with Gasteiger partial charge in [0, 0.05) is 18.8 Å². The largest absolute Gasteiger partial charge is 0.381 e. The Labute approximate surface area is 112 Å². The molecule has 4 nitrogen and oxygen atoms in total. The average molecular weight is 267 g/mol. The quantitative estimate of drug-likeness (QED) is 0.620. The summed E-state index contributed by atoms with van der Waals surface area (Å²) in [6.07, 6.45) is 1.85. The van der Waals surface area contributed by atoms with Gasteiger partial charge in [0.15, 0.2) is 0 Å². The molecule has 2 rings (SSSR count). The molecular weight excluding hydrogens is 252 g/mol. The lowest BCUT2D eigenvalue weighted by Crippen LogP contribution is -2.24. The van der Waals surface area contributed by atoms with Crippen LogP contribution < -0.4 is 0 Å². The number of rotatable bonds is 3. The summed E-state index contributed by atoms with van der Waals surface area (Å²) in [6.45, 7) is 10.5. The molecule has 0 aliphatic carbocycles. The maximum Gasteiger partial charge on any atom is 0.276 e. The SMILES string of the molecule is [C-]#[N+]c1nc(Cl)ccc1C(C)OC1CCOCC1. The molecule has 1 aromatic heterocycles. The van der Waals surface area contributed by atoms with Gasteiger partial charge in [-0.25, -0.2) is 0 Å². The normalized spacial score (nSPS) is 18.3. The molecule has 18 heavy (non-hydrogen) atoms. The van der Waals surface area contributed by atoms with Crippen LogP contribution in [-0.2, 0) is 9.47 Å². The smallest absolute Gasteiger partial charge is 0.276 e. The van der Waals surface area contributed by atoms with Gasteiger partial charge in [0.2, 0.25) is 5.15 Å². The minimum Gasteiger partial charge on any atom is -0.381 e. The molecule has 1 aliphatic rings. The van der Waals surface area contributed by atoms with Crippen LogP contribution in [0.4, 0.5) is 5.82 Å². The average Bonchev–Trinajstić information content (AvgIpc) is 2.39. The van der Waals surface area contributed by atoms with Crippen molar-refractivity contribution >= 4 is 17.4 Å². The molecule has 2 heterocycles. The highest BCUT2D eigenvalue weighted by atomic mass is 35.5. The molecule has 0 N–H and O–H groups in total. The highest BCUT2D eigenvalue weighted by Crippen LogP contribution is 2.30. The standard InChI is InChI=1S/C13H15ClN2O2/c1-9(18-10-5-7-17-8-6-10)11-3-4-12(14)16-13(11)15-2/h3-4,9-10H,5-8H2,1H3. The van der Waals surface area contributed by atoms with Gasteiger partial charge in [0.25, 0.3) is 5.82 Å². The molecule has 1 atom stereocenters. The van der Waals surface area contributed by atoms with E-state index in [1.165, 1.54) is 0 Å². The van der Waals surface area contributed by atoms with Crippen LogP contribution in [0, 0.1) is 6.57 Å². The summed E-state index contributed by atoms with van der Waals surface area (Å²) in [7, 11) is 0. The zero-order valence-electron chi connectivity index (χ0n) is 10.2. The van der Waals surface area contributed by atoms with Crippen molar-refractivity contribution in [3.05, 3.63) is 34.3 Å². The van der Waals surface area contributed by atoms with E-state index < -0.39 is 0 Å². The summed E-state index contributed by atoms with van der Waals surface area (Å²) < 4.78 is 11.2. The van der Waals surface area contributed by atoms with Crippen molar-refractivity contribution in [3.8, 4) is 0 Å². The summed E-state index contributed by atoms with van der Waals surface area (Å²) in [5.41, 5.74) is 0.792. The van der Waals surface area contributed by atoms with E-state index in [0.29, 0.717) is 11.0 Å². The van der Waals surface area contributed by atoms with Gasteiger partial charge in [-0.15, -0.1) is 4.98 Å². The second-order valence-electron chi connectivity index (χ2n) is 4.25. The van der Waals surface area contributed by atoms with E-state index in [9.17, 15) is 0 Å². The zero-order chi connectivity index (χ0) is 13.0. The molecule has 0 radical (unpaired) electrons. The second kappa shape index (κ2) is 6.14. The molecule has 1 fully saturated rings. The fourth-order valence-electron chi connectivity index (χ4n) is 2.02. The van der Waals surface area contributed by atoms with Gasteiger partial charge in [0.1, 0.15) is 0 Å². The van der Waals surface area contributed by atoms with Gasteiger partial charge in [0.05, 0.1) is 12.2 Å². The Balaban J connectivity index is 2.08. The van der Waals surface area contributed by atoms with E-state index in [-0.39, 0.29) is 12.2 Å². The Kier molecular flexibility index (Phi) is 4.54. The molecular formula is C13H15ClN2O2. The Hall–Kier alpha value is -1.15. The van der Waals surface area contributed by atoms with Gasteiger partial charge >= 0.3 is 0 Å². The number of aromatic nitrogens is 1. The molecule has 0 saturated carbocycles. The second-order valence-corrected chi connectivity index (χ2v) is 4.64. The van der Waals surface area contributed by atoms with Gasteiger partial charge in [-0.05, 0) is 37.4 Å². The van der Waals surface area contributed by atoms with Gasteiger partial charge in [-0.1, -0.05) is 12.6 Å². The molecule has 1 saturated heterocycles. The summed E-state index contributed by atoms with van der Waals surface area (Å²) in [4.78, 5) is 7.41. The summed E-state index contributed by atoms with van der Waals surface area (Å²) in [6, 6.07) is 3.50. The Bertz CT molecular complexity index is 453. The lowest BCUT2D eigenvalue weighted by molar-refractivity contribution is -0.0634. The monoisotopic (exact) mass is 266 g/mol. The third kappa shape index (κ3) is 3.20.